The normalized spacial score (nSPS) is 12.1. The summed E-state index contributed by atoms with van der Waals surface area (Å²) in [6, 6.07) is 21.5. The summed E-state index contributed by atoms with van der Waals surface area (Å²) in [5.74, 6) is 1.36. The SMILES string of the molecule is Cc1cccc2c(O[Si](C)(C)C)c(C(=O)Oc3cccc4ccccc34)cc(O[Si](C)(C)C)c12. The Hall–Kier alpha value is -3.10. The first-order valence-electron chi connectivity index (χ1n) is 11.6. The third-order valence-corrected chi connectivity index (χ3v) is 6.93. The van der Waals surface area contributed by atoms with Gasteiger partial charge >= 0.3 is 5.97 Å². The van der Waals surface area contributed by atoms with Crippen LogP contribution in [0.4, 0.5) is 0 Å². The van der Waals surface area contributed by atoms with Crippen LogP contribution in [0.25, 0.3) is 21.5 Å². The standard InChI is InChI=1S/C28H32O4Si2/c1-19-12-10-16-22-26(19)25(31-33(2,3)4)18-23(27(22)32-34(5,6)7)28(29)30-24-17-11-14-20-13-8-9-15-21(20)24/h8-18H,1-7H3. The zero-order valence-corrected chi connectivity index (χ0v) is 23.0. The average Bonchev–Trinajstić information content (AvgIpc) is 2.73. The summed E-state index contributed by atoms with van der Waals surface area (Å²) in [5, 5.41) is 3.77. The van der Waals surface area contributed by atoms with Crippen molar-refractivity contribution >= 4 is 44.1 Å². The van der Waals surface area contributed by atoms with E-state index in [0.717, 1.165) is 27.1 Å². The predicted octanol–water partition coefficient (Wildman–Crippen LogP) is 7.95. The maximum absolute atomic E-state index is 13.7. The summed E-state index contributed by atoms with van der Waals surface area (Å²) in [6.45, 7) is 14.8. The summed E-state index contributed by atoms with van der Waals surface area (Å²) in [7, 11) is -4.00. The number of benzene rings is 4. The molecule has 4 rings (SSSR count). The van der Waals surface area contributed by atoms with E-state index in [0.29, 0.717) is 22.8 Å². The van der Waals surface area contributed by atoms with Crippen molar-refractivity contribution in [2.24, 2.45) is 0 Å². The van der Waals surface area contributed by atoms with Crippen LogP contribution in [-0.2, 0) is 0 Å². The van der Waals surface area contributed by atoms with Gasteiger partial charge in [0, 0.05) is 16.2 Å². The van der Waals surface area contributed by atoms with Gasteiger partial charge in [0.1, 0.15) is 22.8 Å². The Bertz CT molecular complexity index is 1380. The van der Waals surface area contributed by atoms with E-state index in [1.54, 1.807) is 0 Å². The molecular formula is C28H32O4Si2. The van der Waals surface area contributed by atoms with Gasteiger partial charge < -0.3 is 13.6 Å². The first kappa shape index (κ1) is 24.0. The lowest BCUT2D eigenvalue weighted by Crippen LogP contribution is -2.31. The second kappa shape index (κ2) is 8.93. The first-order valence-corrected chi connectivity index (χ1v) is 18.4. The Balaban J connectivity index is 1.92. The molecule has 4 nitrogen and oxygen atoms in total. The lowest BCUT2D eigenvalue weighted by atomic mass is 10.0. The number of aryl methyl sites for hydroxylation is 1. The van der Waals surface area contributed by atoms with Crippen molar-refractivity contribution in [2.45, 2.75) is 46.2 Å². The molecule has 0 atom stereocenters. The molecule has 0 aliphatic carbocycles. The van der Waals surface area contributed by atoms with Crippen LogP contribution in [0, 0.1) is 6.92 Å². The van der Waals surface area contributed by atoms with Gasteiger partial charge in [-0.1, -0.05) is 54.6 Å². The molecule has 0 N–H and O–H groups in total. The molecule has 4 aromatic carbocycles. The third kappa shape index (κ3) is 5.18. The molecule has 176 valence electrons. The molecule has 4 aromatic rings. The van der Waals surface area contributed by atoms with Crippen LogP contribution in [0.2, 0.25) is 39.3 Å². The van der Waals surface area contributed by atoms with E-state index in [2.05, 4.69) is 52.3 Å². The van der Waals surface area contributed by atoms with Gasteiger partial charge in [0.15, 0.2) is 0 Å². The van der Waals surface area contributed by atoms with Crippen molar-refractivity contribution in [1.29, 1.82) is 0 Å². The van der Waals surface area contributed by atoms with Crippen LogP contribution >= 0.6 is 0 Å². The number of fused-ring (bicyclic) bond motifs is 2. The Morgan fingerprint density at radius 1 is 0.706 bits per heavy atom. The number of carbonyl (C=O) groups is 1. The molecule has 34 heavy (non-hydrogen) atoms. The fourth-order valence-electron chi connectivity index (χ4n) is 4.02. The molecule has 0 fully saturated rings. The quantitative estimate of drug-likeness (QED) is 0.157. The van der Waals surface area contributed by atoms with E-state index >= 15 is 0 Å². The van der Waals surface area contributed by atoms with E-state index in [1.807, 2.05) is 60.7 Å². The molecule has 0 amide bonds. The average molecular weight is 489 g/mol. The van der Waals surface area contributed by atoms with Crippen molar-refractivity contribution in [3.05, 3.63) is 77.9 Å². The molecule has 6 heteroatoms. The van der Waals surface area contributed by atoms with Gasteiger partial charge in [-0.15, -0.1) is 0 Å². The van der Waals surface area contributed by atoms with Gasteiger partial charge in [0.2, 0.25) is 16.6 Å². The Morgan fingerprint density at radius 2 is 1.32 bits per heavy atom. The van der Waals surface area contributed by atoms with E-state index in [9.17, 15) is 4.79 Å². The lowest BCUT2D eigenvalue weighted by Gasteiger charge is -2.27. The van der Waals surface area contributed by atoms with E-state index < -0.39 is 22.6 Å². The van der Waals surface area contributed by atoms with Crippen molar-refractivity contribution in [3.8, 4) is 17.2 Å². The van der Waals surface area contributed by atoms with Crippen molar-refractivity contribution in [1.82, 2.24) is 0 Å². The van der Waals surface area contributed by atoms with Crippen LogP contribution in [-0.4, -0.2) is 22.6 Å². The summed E-state index contributed by atoms with van der Waals surface area (Å²) in [4.78, 5) is 13.7. The minimum atomic E-state index is -2.05. The Kier molecular flexibility index (Phi) is 6.31. The number of rotatable bonds is 6. The maximum atomic E-state index is 13.7. The van der Waals surface area contributed by atoms with Gasteiger partial charge in [0.25, 0.3) is 0 Å². The monoisotopic (exact) mass is 488 g/mol. The van der Waals surface area contributed by atoms with E-state index in [4.69, 9.17) is 13.6 Å². The third-order valence-electron chi connectivity index (χ3n) is 5.28. The van der Waals surface area contributed by atoms with Crippen molar-refractivity contribution in [2.75, 3.05) is 0 Å². The molecule has 0 saturated heterocycles. The molecule has 0 radical (unpaired) electrons. The molecule has 0 aliphatic rings. The highest BCUT2D eigenvalue weighted by molar-refractivity contribution is 6.71. The number of ether oxygens (including phenoxy) is 1. The molecule has 0 spiro atoms. The van der Waals surface area contributed by atoms with E-state index in [1.165, 1.54) is 0 Å². The topological polar surface area (TPSA) is 44.8 Å². The number of carbonyl (C=O) groups excluding carboxylic acids is 1. The smallest absolute Gasteiger partial charge is 0.347 e. The van der Waals surface area contributed by atoms with Crippen LogP contribution in [0.3, 0.4) is 0 Å². The highest BCUT2D eigenvalue weighted by atomic mass is 28.4. The second-order valence-corrected chi connectivity index (χ2v) is 19.4. The van der Waals surface area contributed by atoms with Crippen LogP contribution < -0.4 is 13.6 Å². The summed E-state index contributed by atoms with van der Waals surface area (Å²) in [5.41, 5.74) is 1.47. The number of hydrogen-bond donors (Lipinski definition) is 0. The maximum Gasteiger partial charge on any atom is 0.347 e. The fourth-order valence-corrected chi connectivity index (χ4v) is 5.67. The minimum Gasteiger partial charge on any atom is -0.544 e. The first-order chi connectivity index (χ1) is 15.9. The lowest BCUT2D eigenvalue weighted by molar-refractivity contribution is 0.0735. The minimum absolute atomic E-state index is 0.390. The molecular weight excluding hydrogens is 456 g/mol. The van der Waals surface area contributed by atoms with Crippen LogP contribution in [0.5, 0.6) is 17.2 Å². The molecule has 0 saturated carbocycles. The molecule has 0 heterocycles. The summed E-state index contributed by atoms with van der Waals surface area (Å²) < 4.78 is 19.0. The van der Waals surface area contributed by atoms with Crippen molar-refractivity contribution < 1.29 is 18.4 Å². The highest BCUT2D eigenvalue weighted by Gasteiger charge is 2.28. The highest BCUT2D eigenvalue weighted by Crippen LogP contribution is 2.41. The second-order valence-electron chi connectivity index (χ2n) is 10.5. The molecule has 0 unspecified atom stereocenters. The molecule has 0 aliphatic heterocycles. The number of hydrogen-bond acceptors (Lipinski definition) is 4. The van der Waals surface area contributed by atoms with Gasteiger partial charge in [-0.2, -0.15) is 0 Å². The van der Waals surface area contributed by atoms with E-state index in [-0.39, 0.29) is 0 Å². The van der Waals surface area contributed by atoms with Gasteiger partial charge in [-0.05, 0) is 69.3 Å². The summed E-state index contributed by atoms with van der Waals surface area (Å²) >= 11 is 0. The predicted molar refractivity (Wildman–Crippen MR) is 146 cm³/mol. The largest absolute Gasteiger partial charge is 0.544 e. The van der Waals surface area contributed by atoms with Crippen molar-refractivity contribution in [3.63, 3.8) is 0 Å². The Labute approximate surface area is 203 Å². The number of esters is 1. The zero-order valence-electron chi connectivity index (χ0n) is 21.0. The van der Waals surface area contributed by atoms with Gasteiger partial charge in [-0.3, -0.25) is 0 Å². The Morgan fingerprint density at radius 3 is 2.03 bits per heavy atom. The fraction of sp³-hybridized carbons (Fsp3) is 0.250. The summed E-state index contributed by atoms with van der Waals surface area (Å²) in [6.07, 6.45) is 0. The van der Waals surface area contributed by atoms with Crippen LogP contribution in [0.15, 0.2) is 66.7 Å². The van der Waals surface area contributed by atoms with Crippen LogP contribution in [0.1, 0.15) is 15.9 Å². The van der Waals surface area contributed by atoms with Gasteiger partial charge in [0.05, 0.1) is 0 Å². The molecule has 0 bridgehead atoms. The zero-order chi connectivity index (χ0) is 24.7. The molecule has 0 aromatic heterocycles. The van der Waals surface area contributed by atoms with Gasteiger partial charge in [-0.25, -0.2) is 4.79 Å².